The highest BCUT2D eigenvalue weighted by Crippen LogP contribution is 2.26. The van der Waals surface area contributed by atoms with Gasteiger partial charge in [-0.2, -0.15) is 13.9 Å². The zero-order chi connectivity index (χ0) is 17.5. The molecule has 0 heterocycles. The first-order chi connectivity index (χ1) is 11.4. The van der Waals surface area contributed by atoms with Gasteiger partial charge in [0.2, 0.25) is 0 Å². The summed E-state index contributed by atoms with van der Waals surface area (Å²) in [4.78, 5) is 0.502. The fourth-order valence-electron chi connectivity index (χ4n) is 2.01. The number of alkyl halides is 2. The number of nitrogens with one attached hydrogen (secondary N) is 2. The summed E-state index contributed by atoms with van der Waals surface area (Å²) in [7, 11) is 0. The van der Waals surface area contributed by atoms with E-state index in [2.05, 4.69) is 21.9 Å². The van der Waals surface area contributed by atoms with Crippen LogP contribution in [0.2, 0.25) is 0 Å². The molecular weight excluding hydrogens is 348 g/mol. The predicted molar refractivity (Wildman–Crippen MR) is 101 cm³/mol. The molecule has 126 valence electrons. The SMILES string of the molecule is Cc1ccc(/C=N\NC(=S)Nc2ccc(SC(F)F)cc2)c(C)c1. The highest BCUT2D eigenvalue weighted by atomic mass is 32.2. The van der Waals surface area contributed by atoms with Crippen molar-refractivity contribution < 1.29 is 8.78 Å². The van der Waals surface area contributed by atoms with Crippen LogP contribution in [0.5, 0.6) is 0 Å². The van der Waals surface area contributed by atoms with Crippen LogP contribution in [0.25, 0.3) is 0 Å². The highest BCUT2D eigenvalue weighted by Gasteiger charge is 2.05. The average Bonchev–Trinajstić information content (AvgIpc) is 2.51. The first kappa shape index (κ1) is 18.4. The molecule has 0 saturated heterocycles. The number of thiocarbonyl (C=S) groups is 1. The number of aryl methyl sites for hydroxylation is 2. The maximum absolute atomic E-state index is 12.3. The second-order valence-corrected chi connectivity index (χ2v) is 6.56. The molecule has 2 aromatic rings. The number of anilines is 1. The Hall–Kier alpha value is -1.99. The lowest BCUT2D eigenvalue weighted by Gasteiger charge is -2.08. The van der Waals surface area contributed by atoms with Crippen LogP contribution >= 0.6 is 24.0 Å². The molecule has 0 atom stereocenters. The highest BCUT2D eigenvalue weighted by molar-refractivity contribution is 7.99. The Labute approximate surface area is 149 Å². The van der Waals surface area contributed by atoms with Gasteiger partial charge in [0.05, 0.1) is 6.21 Å². The van der Waals surface area contributed by atoms with E-state index >= 15 is 0 Å². The molecule has 0 spiro atoms. The molecule has 0 amide bonds. The fourth-order valence-corrected chi connectivity index (χ4v) is 2.68. The fraction of sp³-hybridized carbons (Fsp3) is 0.176. The monoisotopic (exact) mass is 365 g/mol. The van der Waals surface area contributed by atoms with Crippen LogP contribution in [0.1, 0.15) is 16.7 Å². The largest absolute Gasteiger partial charge is 0.331 e. The molecule has 0 fully saturated rings. The maximum atomic E-state index is 12.3. The number of thioether (sulfide) groups is 1. The van der Waals surface area contributed by atoms with Crippen molar-refractivity contribution in [3.05, 3.63) is 59.2 Å². The normalized spacial score (nSPS) is 11.0. The summed E-state index contributed by atoms with van der Waals surface area (Å²) in [5.41, 5.74) is 6.77. The van der Waals surface area contributed by atoms with E-state index in [-0.39, 0.29) is 0 Å². The van der Waals surface area contributed by atoms with E-state index < -0.39 is 5.76 Å². The van der Waals surface area contributed by atoms with E-state index in [1.807, 2.05) is 26.0 Å². The lowest BCUT2D eigenvalue weighted by atomic mass is 10.1. The lowest BCUT2D eigenvalue weighted by molar-refractivity contribution is 0.252. The maximum Gasteiger partial charge on any atom is 0.288 e. The number of hydrogen-bond donors (Lipinski definition) is 2. The third-order valence-corrected chi connectivity index (χ3v) is 4.05. The second-order valence-electron chi connectivity index (χ2n) is 5.09. The number of hydrogen-bond acceptors (Lipinski definition) is 3. The molecule has 0 aliphatic heterocycles. The summed E-state index contributed by atoms with van der Waals surface area (Å²) >= 11 is 5.65. The molecule has 0 unspecified atom stereocenters. The van der Waals surface area contributed by atoms with E-state index in [1.165, 1.54) is 5.56 Å². The lowest BCUT2D eigenvalue weighted by Crippen LogP contribution is -2.23. The van der Waals surface area contributed by atoms with Gasteiger partial charge in [-0.1, -0.05) is 35.5 Å². The van der Waals surface area contributed by atoms with Crippen LogP contribution in [0.15, 0.2) is 52.5 Å². The minimum Gasteiger partial charge on any atom is -0.331 e. The molecule has 0 aliphatic rings. The van der Waals surface area contributed by atoms with Crippen LogP contribution in [-0.4, -0.2) is 17.1 Å². The summed E-state index contributed by atoms with van der Waals surface area (Å²) < 4.78 is 24.5. The number of halogens is 2. The van der Waals surface area contributed by atoms with Crippen molar-refractivity contribution in [1.82, 2.24) is 5.43 Å². The molecule has 2 aromatic carbocycles. The summed E-state index contributed by atoms with van der Waals surface area (Å²) in [6.07, 6.45) is 1.70. The van der Waals surface area contributed by atoms with Gasteiger partial charge in [-0.05, 0) is 61.5 Å². The van der Waals surface area contributed by atoms with Crippen LogP contribution in [0.3, 0.4) is 0 Å². The zero-order valence-corrected chi connectivity index (χ0v) is 14.8. The van der Waals surface area contributed by atoms with E-state index in [4.69, 9.17) is 12.2 Å². The summed E-state index contributed by atoms with van der Waals surface area (Å²) in [5.74, 6) is -2.42. The number of rotatable bonds is 5. The number of nitrogens with zero attached hydrogens (tertiary/aromatic N) is 1. The van der Waals surface area contributed by atoms with Gasteiger partial charge in [0.1, 0.15) is 0 Å². The van der Waals surface area contributed by atoms with Crippen LogP contribution in [0.4, 0.5) is 14.5 Å². The zero-order valence-electron chi connectivity index (χ0n) is 13.2. The smallest absolute Gasteiger partial charge is 0.288 e. The van der Waals surface area contributed by atoms with E-state index in [0.717, 1.165) is 11.1 Å². The molecule has 0 bridgehead atoms. The standard InChI is InChI=1S/C17H17F2N3S2/c1-11-3-4-13(12(2)9-11)10-20-22-17(23)21-14-5-7-15(8-6-14)24-16(18)19/h3-10,16H,1-2H3,(H2,21,22,23)/b20-10-. The molecule has 3 nitrogen and oxygen atoms in total. The molecule has 7 heteroatoms. The van der Waals surface area contributed by atoms with E-state index in [1.54, 1.807) is 30.5 Å². The predicted octanol–water partition coefficient (Wildman–Crippen LogP) is 4.94. The summed E-state index contributed by atoms with van der Waals surface area (Å²) in [6.45, 7) is 4.06. The van der Waals surface area contributed by atoms with E-state index in [0.29, 0.717) is 27.5 Å². The Kier molecular flexibility index (Phi) is 6.69. The van der Waals surface area contributed by atoms with Crippen molar-refractivity contribution in [3.63, 3.8) is 0 Å². The molecule has 2 N–H and O–H groups in total. The average molecular weight is 365 g/mol. The van der Waals surface area contributed by atoms with Gasteiger partial charge in [-0.25, -0.2) is 0 Å². The van der Waals surface area contributed by atoms with Gasteiger partial charge in [0.25, 0.3) is 5.76 Å². The minimum atomic E-state index is -2.42. The first-order valence-electron chi connectivity index (χ1n) is 7.16. The molecule has 2 rings (SSSR count). The molecular formula is C17H17F2N3S2. The van der Waals surface area contributed by atoms with Gasteiger partial charge in [0, 0.05) is 10.6 Å². The molecule has 0 aromatic heterocycles. The van der Waals surface area contributed by atoms with Crippen molar-refractivity contribution in [3.8, 4) is 0 Å². The van der Waals surface area contributed by atoms with E-state index in [9.17, 15) is 8.78 Å². The summed E-state index contributed by atoms with van der Waals surface area (Å²) in [5, 5.41) is 7.37. The molecule has 24 heavy (non-hydrogen) atoms. The van der Waals surface area contributed by atoms with Gasteiger partial charge in [0.15, 0.2) is 5.11 Å². The third-order valence-electron chi connectivity index (χ3n) is 3.13. The molecule has 0 aliphatic carbocycles. The van der Waals surface area contributed by atoms with Crippen molar-refractivity contribution in [2.45, 2.75) is 24.5 Å². The van der Waals surface area contributed by atoms with Crippen molar-refractivity contribution in [1.29, 1.82) is 0 Å². The second kappa shape index (κ2) is 8.75. The number of hydrazone groups is 1. The summed E-state index contributed by atoms with van der Waals surface area (Å²) in [6, 6.07) is 12.7. The Morgan fingerprint density at radius 3 is 2.50 bits per heavy atom. The minimum absolute atomic E-state index is 0.324. The Morgan fingerprint density at radius 1 is 1.17 bits per heavy atom. The van der Waals surface area contributed by atoms with Gasteiger partial charge in [-0.3, -0.25) is 5.43 Å². The Bertz CT molecular complexity index is 731. The van der Waals surface area contributed by atoms with Crippen molar-refractivity contribution in [2.24, 2.45) is 5.10 Å². The van der Waals surface area contributed by atoms with Crippen molar-refractivity contribution >= 4 is 41.0 Å². The van der Waals surface area contributed by atoms with Crippen LogP contribution in [0, 0.1) is 13.8 Å². The molecule has 0 radical (unpaired) electrons. The van der Waals surface area contributed by atoms with Crippen molar-refractivity contribution in [2.75, 3.05) is 5.32 Å². The Balaban J connectivity index is 1.87. The first-order valence-corrected chi connectivity index (χ1v) is 8.45. The van der Waals surface area contributed by atoms with Gasteiger partial charge >= 0.3 is 0 Å². The van der Waals surface area contributed by atoms with Crippen LogP contribution < -0.4 is 10.7 Å². The molecule has 0 saturated carbocycles. The third kappa shape index (κ3) is 5.90. The Morgan fingerprint density at radius 2 is 1.88 bits per heavy atom. The topological polar surface area (TPSA) is 36.4 Å². The van der Waals surface area contributed by atoms with Gasteiger partial charge in [-0.15, -0.1) is 0 Å². The number of benzene rings is 2. The quantitative estimate of drug-likeness (QED) is 0.341. The van der Waals surface area contributed by atoms with Gasteiger partial charge < -0.3 is 5.32 Å². The van der Waals surface area contributed by atoms with Crippen LogP contribution in [-0.2, 0) is 0 Å².